The van der Waals surface area contributed by atoms with Crippen LogP contribution in [0.15, 0.2) is 52.9 Å². The first kappa shape index (κ1) is 29.7. The highest BCUT2D eigenvalue weighted by atomic mass is 35.5. The van der Waals surface area contributed by atoms with Crippen molar-refractivity contribution in [3.05, 3.63) is 70.3 Å². The first-order chi connectivity index (χ1) is 20.2. The molecule has 226 valence electrons. The van der Waals surface area contributed by atoms with E-state index in [9.17, 15) is 9.00 Å². The SMILES string of the molecule is CN[S@@]1(=O)=NC(=O)c2ccc3c(c2)N(C[C@@H]2CC[C@H]2[C@@H](OC)/C=C/C[C@H](C)C1)C[C@@]1(CCCc2cc(Cl)ccc21)CO3. The number of carbonyl (C=O) groups is 1. The van der Waals surface area contributed by atoms with Crippen molar-refractivity contribution in [3.8, 4) is 5.75 Å². The van der Waals surface area contributed by atoms with E-state index in [4.69, 9.17) is 21.1 Å². The van der Waals surface area contributed by atoms with Gasteiger partial charge in [0.2, 0.25) is 0 Å². The summed E-state index contributed by atoms with van der Waals surface area (Å²) in [6, 6.07) is 11.8. The van der Waals surface area contributed by atoms with Crippen molar-refractivity contribution in [2.45, 2.75) is 57.0 Å². The molecule has 0 unspecified atom stereocenters. The average Bonchev–Trinajstić information content (AvgIpc) is 3.11. The number of hydrogen-bond donors (Lipinski definition) is 1. The molecule has 2 aromatic rings. The second kappa shape index (κ2) is 11.9. The number of benzene rings is 2. The monoisotopic (exact) mass is 611 g/mol. The minimum atomic E-state index is -2.93. The second-order valence-corrected chi connectivity index (χ2v) is 15.3. The van der Waals surface area contributed by atoms with Gasteiger partial charge in [0, 0.05) is 42.0 Å². The highest BCUT2D eigenvalue weighted by Crippen LogP contribution is 2.47. The summed E-state index contributed by atoms with van der Waals surface area (Å²) in [5.74, 6) is 1.54. The summed E-state index contributed by atoms with van der Waals surface area (Å²) in [6.07, 6.45) is 10.5. The molecule has 2 heterocycles. The van der Waals surface area contributed by atoms with Gasteiger partial charge in [0.25, 0.3) is 5.91 Å². The maximum Gasteiger partial charge on any atom is 0.286 e. The number of rotatable bonds is 2. The van der Waals surface area contributed by atoms with Crippen LogP contribution in [0.5, 0.6) is 5.75 Å². The van der Waals surface area contributed by atoms with Gasteiger partial charge in [-0.15, -0.1) is 4.36 Å². The molecule has 9 heteroatoms. The number of hydrogen-bond acceptors (Lipinski definition) is 5. The van der Waals surface area contributed by atoms with Crippen molar-refractivity contribution in [1.29, 1.82) is 0 Å². The van der Waals surface area contributed by atoms with Gasteiger partial charge in [-0.3, -0.25) is 4.79 Å². The number of methoxy groups -OCH3 is 1. The summed E-state index contributed by atoms with van der Waals surface area (Å²) in [6.45, 7) is 4.23. The largest absolute Gasteiger partial charge is 0.490 e. The van der Waals surface area contributed by atoms with Gasteiger partial charge in [-0.1, -0.05) is 36.7 Å². The zero-order valence-corrected chi connectivity index (χ0v) is 26.4. The maximum atomic E-state index is 13.6. The van der Waals surface area contributed by atoms with Crippen LogP contribution < -0.4 is 14.4 Å². The van der Waals surface area contributed by atoms with Crippen molar-refractivity contribution >= 4 is 33.1 Å². The molecule has 2 aliphatic carbocycles. The minimum absolute atomic E-state index is 0.0318. The summed E-state index contributed by atoms with van der Waals surface area (Å²) in [4.78, 5) is 15.9. The molecule has 6 atom stereocenters. The fourth-order valence-corrected chi connectivity index (χ4v) is 9.24. The second-order valence-electron chi connectivity index (χ2n) is 12.7. The van der Waals surface area contributed by atoms with E-state index in [1.165, 1.54) is 11.1 Å². The summed E-state index contributed by atoms with van der Waals surface area (Å²) >= 11 is 6.42. The van der Waals surface area contributed by atoms with Gasteiger partial charge in [0.05, 0.1) is 18.4 Å². The Balaban J connectivity index is 1.45. The summed E-state index contributed by atoms with van der Waals surface area (Å²) in [5, 5.41) is 0.768. The van der Waals surface area contributed by atoms with Gasteiger partial charge in [0.1, 0.15) is 15.7 Å². The fourth-order valence-electron chi connectivity index (χ4n) is 7.43. The number of ether oxygens (including phenoxy) is 2. The number of anilines is 1. The Kier molecular flexibility index (Phi) is 8.44. The van der Waals surface area contributed by atoms with Crippen LogP contribution in [0.25, 0.3) is 0 Å². The lowest BCUT2D eigenvalue weighted by Gasteiger charge is -2.46. The van der Waals surface area contributed by atoms with Gasteiger partial charge in [0.15, 0.2) is 0 Å². The van der Waals surface area contributed by atoms with Gasteiger partial charge in [-0.2, -0.15) is 0 Å². The Morgan fingerprint density at radius 2 is 2.07 bits per heavy atom. The molecule has 1 N–H and O–H groups in total. The third-order valence-electron chi connectivity index (χ3n) is 9.83. The Morgan fingerprint density at radius 3 is 2.83 bits per heavy atom. The van der Waals surface area contributed by atoms with E-state index < -0.39 is 15.8 Å². The molecule has 4 aliphatic rings. The number of amides is 1. The topological polar surface area (TPSA) is 80.2 Å². The van der Waals surface area contributed by atoms with Crippen molar-refractivity contribution in [2.24, 2.45) is 22.1 Å². The van der Waals surface area contributed by atoms with E-state index in [2.05, 4.69) is 38.3 Å². The van der Waals surface area contributed by atoms with E-state index in [0.717, 1.165) is 68.1 Å². The standard InChI is InChI=1S/C33H42ClN3O4S/c1-22-6-4-8-30(40-3)27-12-9-25(27)18-37-20-33(15-5-7-23-16-26(34)11-13-28(23)33)21-41-31-14-10-24(17-29(31)37)32(38)36-42(39,19-22)35-2/h4,8,10-11,13-14,16-17,22,25,27,30H,5-7,9,12,15,18-21H2,1-3H3,(H,35,36,38,39)/b8-4+/t22-,25-,27+,30-,33-,42+/m0/s1. The Bertz CT molecular complexity index is 1500. The normalized spacial score (nSPS) is 33.8. The lowest BCUT2D eigenvalue weighted by molar-refractivity contribution is 0.0131. The van der Waals surface area contributed by atoms with E-state index in [1.54, 1.807) is 20.2 Å². The highest BCUT2D eigenvalue weighted by molar-refractivity contribution is 7.92. The quantitative estimate of drug-likeness (QED) is 0.410. The first-order valence-electron chi connectivity index (χ1n) is 15.2. The summed E-state index contributed by atoms with van der Waals surface area (Å²) < 4.78 is 33.3. The molecule has 7 nitrogen and oxygen atoms in total. The van der Waals surface area contributed by atoms with Crippen molar-refractivity contribution in [3.63, 3.8) is 0 Å². The smallest absolute Gasteiger partial charge is 0.286 e. The maximum absolute atomic E-state index is 13.6. The molecule has 2 bridgehead atoms. The highest BCUT2D eigenvalue weighted by Gasteiger charge is 2.44. The molecule has 6 rings (SSSR count). The molecule has 1 spiro atoms. The predicted molar refractivity (Wildman–Crippen MR) is 169 cm³/mol. The lowest BCUT2D eigenvalue weighted by atomic mass is 9.68. The summed E-state index contributed by atoms with van der Waals surface area (Å²) in [7, 11) is 0.480. The van der Waals surface area contributed by atoms with Gasteiger partial charge < -0.3 is 14.4 Å². The minimum Gasteiger partial charge on any atom is -0.490 e. The number of allylic oxidation sites excluding steroid dienone is 1. The number of halogens is 1. The molecule has 1 amide bonds. The molecule has 1 fully saturated rings. The number of fused-ring (bicyclic) bond motifs is 4. The van der Waals surface area contributed by atoms with E-state index >= 15 is 0 Å². The lowest BCUT2D eigenvalue weighted by Crippen LogP contribution is -2.49. The van der Waals surface area contributed by atoms with Crippen LogP contribution >= 0.6 is 11.6 Å². The van der Waals surface area contributed by atoms with Crippen LogP contribution in [0.2, 0.25) is 5.02 Å². The zero-order chi connectivity index (χ0) is 29.5. The zero-order valence-electron chi connectivity index (χ0n) is 24.8. The van der Waals surface area contributed by atoms with Crippen molar-refractivity contribution in [2.75, 3.05) is 44.5 Å². The van der Waals surface area contributed by atoms with Crippen LogP contribution in [0.4, 0.5) is 5.69 Å². The Hall–Kier alpha value is -2.39. The fraction of sp³-hybridized carbons (Fsp3) is 0.545. The van der Waals surface area contributed by atoms with E-state index in [1.807, 2.05) is 25.1 Å². The molecular formula is C33H42ClN3O4S. The molecule has 42 heavy (non-hydrogen) atoms. The van der Waals surface area contributed by atoms with Crippen LogP contribution in [0, 0.1) is 17.8 Å². The molecule has 0 radical (unpaired) electrons. The Morgan fingerprint density at radius 1 is 1.21 bits per heavy atom. The predicted octanol–water partition coefficient (Wildman–Crippen LogP) is 6.19. The Labute approximate surface area is 255 Å². The van der Waals surface area contributed by atoms with Crippen LogP contribution in [-0.4, -0.2) is 55.8 Å². The van der Waals surface area contributed by atoms with Crippen LogP contribution in [0.1, 0.15) is 60.5 Å². The number of nitrogens with zero attached hydrogens (tertiary/aromatic N) is 2. The van der Waals surface area contributed by atoms with Gasteiger partial charge in [-0.25, -0.2) is 8.93 Å². The summed E-state index contributed by atoms with van der Waals surface area (Å²) in [5.41, 5.74) is 3.75. The average molecular weight is 612 g/mol. The third kappa shape index (κ3) is 5.75. The van der Waals surface area contributed by atoms with Gasteiger partial charge in [-0.05, 0) is 105 Å². The molecule has 0 saturated heterocycles. The first-order valence-corrected chi connectivity index (χ1v) is 17.3. The van der Waals surface area contributed by atoms with Crippen molar-refractivity contribution in [1.82, 2.24) is 4.72 Å². The molecule has 2 aromatic carbocycles. The van der Waals surface area contributed by atoms with Gasteiger partial charge >= 0.3 is 0 Å². The van der Waals surface area contributed by atoms with Crippen LogP contribution in [0.3, 0.4) is 0 Å². The van der Waals surface area contributed by atoms with Crippen molar-refractivity contribution < 1.29 is 18.5 Å². The molecule has 1 saturated carbocycles. The number of nitrogens with one attached hydrogen (secondary N) is 1. The molecule has 0 aromatic heterocycles. The molecular weight excluding hydrogens is 570 g/mol. The van der Waals surface area contributed by atoms with E-state index in [-0.39, 0.29) is 23.2 Å². The van der Waals surface area contributed by atoms with Crippen LogP contribution in [-0.2, 0) is 26.5 Å². The number of carbonyl (C=O) groups excluding carboxylic acids is 1. The molecule has 2 aliphatic heterocycles. The van der Waals surface area contributed by atoms with E-state index in [0.29, 0.717) is 24.0 Å². The third-order valence-corrected chi connectivity index (χ3v) is 12.2. The number of aryl methyl sites for hydroxylation is 1.